The molecule has 2 rings (SSSR count). The highest BCUT2D eigenvalue weighted by molar-refractivity contribution is 5.67. The number of carboxylic acid groups (broad SMARTS) is 1. The quantitative estimate of drug-likeness (QED) is 0.649. The molecular weight excluding hydrogens is 250 g/mol. The van der Waals surface area contributed by atoms with Gasteiger partial charge in [0.1, 0.15) is 5.69 Å². The highest BCUT2D eigenvalue weighted by atomic mass is 16.6. The number of hydrogen-bond donors (Lipinski definition) is 1. The highest BCUT2D eigenvalue weighted by Gasteiger charge is 2.25. The van der Waals surface area contributed by atoms with Crippen molar-refractivity contribution in [2.75, 3.05) is 31.1 Å². The lowest BCUT2D eigenvalue weighted by molar-refractivity contribution is -0.384. The van der Waals surface area contributed by atoms with Gasteiger partial charge in [-0.1, -0.05) is 6.07 Å². The zero-order valence-electron chi connectivity index (χ0n) is 10.6. The Bertz CT molecular complexity index is 510. The molecule has 1 aliphatic heterocycles. The molecule has 0 saturated carbocycles. The summed E-state index contributed by atoms with van der Waals surface area (Å²) in [6.45, 7) is 3.54. The van der Waals surface area contributed by atoms with Gasteiger partial charge in [-0.25, -0.2) is 4.79 Å². The normalized spacial score (nSPS) is 15.4. The Labute approximate surface area is 110 Å². The number of aryl methyl sites for hydroxylation is 1. The topological polar surface area (TPSA) is 86.9 Å². The van der Waals surface area contributed by atoms with Crippen molar-refractivity contribution in [3.05, 3.63) is 33.9 Å². The largest absolute Gasteiger partial charge is 0.465 e. The molecule has 1 aromatic carbocycles. The van der Waals surface area contributed by atoms with Crippen LogP contribution in [0.1, 0.15) is 5.56 Å². The van der Waals surface area contributed by atoms with Crippen LogP contribution in [0.3, 0.4) is 0 Å². The first kappa shape index (κ1) is 13.1. The molecule has 1 saturated heterocycles. The molecule has 1 aliphatic rings. The first-order chi connectivity index (χ1) is 8.99. The van der Waals surface area contributed by atoms with E-state index in [9.17, 15) is 14.9 Å². The fourth-order valence-corrected chi connectivity index (χ4v) is 2.18. The number of hydrogen-bond acceptors (Lipinski definition) is 4. The summed E-state index contributed by atoms with van der Waals surface area (Å²) in [6, 6.07) is 4.97. The summed E-state index contributed by atoms with van der Waals surface area (Å²) >= 11 is 0. The predicted molar refractivity (Wildman–Crippen MR) is 69.6 cm³/mol. The summed E-state index contributed by atoms with van der Waals surface area (Å²) < 4.78 is 0. The Morgan fingerprint density at radius 2 is 1.95 bits per heavy atom. The maximum absolute atomic E-state index is 11.0. The zero-order valence-corrected chi connectivity index (χ0v) is 10.6. The van der Waals surface area contributed by atoms with E-state index in [1.54, 1.807) is 12.1 Å². The molecule has 1 heterocycles. The lowest BCUT2D eigenvalue weighted by Crippen LogP contribution is -2.48. The van der Waals surface area contributed by atoms with Gasteiger partial charge in [-0.2, -0.15) is 0 Å². The van der Waals surface area contributed by atoms with E-state index in [2.05, 4.69) is 0 Å². The Morgan fingerprint density at radius 3 is 2.47 bits per heavy atom. The minimum Gasteiger partial charge on any atom is -0.465 e. The molecule has 19 heavy (non-hydrogen) atoms. The number of rotatable bonds is 2. The summed E-state index contributed by atoms with van der Waals surface area (Å²) in [6.07, 6.45) is -0.946. The van der Waals surface area contributed by atoms with Crippen LogP contribution in [0.2, 0.25) is 0 Å². The van der Waals surface area contributed by atoms with Crippen molar-refractivity contribution in [3.8, 4) is 0 Å². The van der Waals surface area contributed by atoms with Crippen molar-refractivity contribution >= 4 is 17.5 Å². The molecule has 0 atom stereocenters. The highest BCUT2D eigenvalue weighted by Crippen LogP contribution is 2.29. The molecule has 0 aromatic heterocycles. The van der Waals surface area contributed by atoms with Crippen LogP contribution >= 0.6 is 0 Å². The Morgan fingerprint density at radius 1 is 1.32 bits per heavy atom. The van der Waals surface area contributed by atoms with Crippen molar-refractivity contribution in [3.63, 3.8) is 0 Å². The molecule has 102 valence electrons. The number of nitro groups is 1. The molecule has 1 amide bonds. The second-order valence-corrected chi connectivity index (χ2v) is 4.51. The van der Waals surface area contributed by atoms with Crippen LogP contribution in [-0.2, 0) is 0 Å². The van der Waals surface area contributed by atoms with Crippen LogP contribution in [0.5, 0.6) is 0 Å². The van der Waals surface area contributed by atoms with Gasteiger partial charge in [0.25, 0.3) is 5.69 Å². The lowest BCUT2D eigenvalue weighted by Gasteiger charge is -2.34. The first-order valence-corrected chi connectivity index (χ1v) is 5.97. The summed E-state index contributed by atoms with van der Waals surface area (Å²) in [5.74, 6) is 0. The fraction of sp³-hybridized carbons (Fsp3) is 0.417. The Balaban J connectivity index is 2.21. The van der Waals surface area contributed by atoms with Crippen LogP contribution < -0.4 is 4.90 Å². The fourth-order valence-electron chi connectivity index (χ4n) is 2.18. The molecule has 1 aromatic rings. The van der Waals surface area contributed by atoms with Gasteiger partial charge in [-0.15, -0.1) is 0 Å². The van der Waals surface area contributed by atoms with Gasteiger partial charge in [0, 0.05) is 32.2 Å². The van der Waals surface area contributed by atoms with Crippen LogP contribution in [0, 0.1) is 17.0 Å². The van der Waals surface area contributed by atoms with Gasteiger partial charge < -0.3 is 14.9 Å². The maximum Gasteiger partial charge on any atom is 0.407 e. The van der Waals surface area contributed by atoms with Crippen LogP contribution in [0.25, 0.3) is 0 Å². The first-order valence-electron chi connectivity index (χ1n) is 5.97. The zero-order chi connectivity index (χ0) is 14.0. The molecule has 7 heteroatoms. The summed E-state index contributed by atoms with van der Waals surface area (Å²) in [5.41, 5.74) is 1.57. The monoisotopic (exact) mass is 265 g/mol. The van der Waals surface area contributed by atoms with E-state index in [0.717, 1.165) is 5.56 Å². The average Bonchev–Trinajstić information content (AvgIpc) is 2.38. The van der Waals surface area contributed by atoms with Gasteiger partial charge in [0.2, 0.25) is 0 Å². The third-order valence-electron chi connectivity index (χ3n) is 3.22. The number of amides is 1. The molecule has 0 spiro atoms. The van der Waals surface area contributed by atoms with Crippen molar-refractivity contribution < 1.29 is 14.8 Å². The van der Waals surface area contributed by atoms with E-state index in [1.165, 1.54) is 11.0 Å². The molecule has 7 nitrogen and oxygen atoms in total. The van der Waals surface area contributed by atoms with E-state index in [0.29, 0.717) is 31.9 Å². The predicted octanol–water partition coefficient (Wildman–Crippen LogP) is 1.70. The molecule has 1 fully saturated rings. The van der Waals surface area contributed by atoms with Gasteiger partial charge in [-0.3, -0.25) is 10.1 Å². The van der Waals surface area contributed by atoms with Crippen molar-refractivity contribution in [2.45, 2.75) is 6.92 Å². The Hall–Kier alpha value is -2.31. The van der Waals surface area contributed by atoms with E-state index in [1.807, 2.05) is 11.8 Å². The molecule has 0 aliphatic carbocycles. The third kappa shape index (κ3) is 2.75. The standard InChI is InChI=1S/C12H15N3O4/c1-9-2-3-10(15(18)19)11(8-9)13-4-6-14(7-5-13)12(16)17/h2-3,8H,4-7H2,1H3,(H,16,17). The molecule has 0 unspecified atom stereocenters. The number of benzene rings is 1. The smallest absolute Gasteiger partial charge is 0.407 e. The van der Waals surface area contributed by atoms with Crippen LogP contribution in [0.4, 0.5) is 16.2 Å². The third-order valence-corrected chi connectivity index (χ3v) is 3.22. The van der Waals surface area contributed by atoms with Crippen LogP contribution in [-0.4, -0.2) is 47.2 Å². The van der Waals surface area contributed by atoms with E-state index >= 15 is 0 Å². The SMILES string of the molecule is Cc1ccc([N+](=O)[O-])c(N2CCN(C(=O)O)CC2)c1. The molecule has 1 N–H and O–H groups in total. The van der Waals surface area contributed by atoms with Gasteiger partial charge in [0.15, 0.2) is 0 Å². The minimum absolute atomic E-state index is 0.0642. The van der Waals surface area contributed by atoms with Crippen LogP contribution in [0.15, 0.2) is 18.2 Å². The van der Waals surface area contributed by atoms with Crippen molar-refractivity contribution in [1.82, 2.24) is 4.90 Å². The van der Waals surface area contributed by atoms with E-state index < -0.39 is 11.0 Å². The Kier molecular flexibility index (Phi) is 3.55. The van der Waals surface area contributed by atoms with Crippen molar-refractivity contribution in [2.24, 2.45) is 0 Å². The average molecular weight is 265 g/mol. The second kappa shape index (κ2) is 5.13. The molecule has 0 radical (unpaired) electrons. The number of piperazine rings is 1. The van der Waals surface area contributed by atoms with Crippen molar-refractivity contribution in [1.29, 1.82) is 0 Å². The molecular formula is C12H15N3O4. The lowest BCUT2D eigenvalue weighted by atomic mass is 10.1. The van der Waals surface area contributed by atoms with E-state index in [-0.39, 0.29) is 5.69 Å². The van der Waals surface area contributed by atoms with Gasteiger partial charge >= 0.3 is 6.09 Å². The number of nitro benzene ring substituents is 1. The minimum atomic E-state index is -0.946. The summed E-state index contributed by atoms with van der Waals surface area (Å²) in [4.78, 5) is 24.6. The number of anilines is 1. The van der Waals surface area contributed by atoms with E-state index in [4.69, 9.17) is 5.11 Å². The number of carbonyl (C=O) groups is 1. The maximum atomic E-state index is 11.0. The summed E-state index contributed by atoms with van der Waals surface area (Å²) in [7, 11) is 0. The molecule has 0 bridgehead atoms. The van der Waals surface area contributed by atoms with Gasteiger partial charge in [0.05, 0.1) is 4.92 Å². The second-order valence-electron chi connectivity index (χ2n) is 4.51. The van der Waals surface area contributed by atoms with Gasteiger partial charge in [-0.05, 0) is 18.6 Å². The number of nitrogens with zero attached hydrogens (tertiary/aromatic N) is 3. The summed E-state index contributed by atoms with van der Waals surface area (Å²) in [5, 5.41) is 19.9.